The van der Waals surface area contributed by atoms with Crippen LogP contribution >= 0.6 is 0 Å². The molecule has 0 aliphatic heterocycles. The minimum atomic E-state index is -0.638. The summed E-state index contributed by atoms with van der Waals surface area (Å²) in [7, 11) is 0. The first-order chi connectivity index (χ1) is 17.8. The van der Waals surface area contributed by atoms with Gasteiger partial charge in [0.1, 0.15) is 17.4 Å². The first-order valence-corrected chi connectivity index (χ1v) is 12.0. The fourth-order valence-electron chi connectivity index (χ4n) is 4.57. The van der Waals surface area contributed by atoms with Gasteiger partial charge < -0.3 is 9.32 Å². The van der Waals surface area contributed by atoms with Gasteiger partial charge in [0.05, 0.1) is 35.4 Å². The summed E-state index contributed by atoms with van der Waals surface area (Å²) in [5.41, 5.74) is 3.33. The highest BCUT2D eigenvalue weighted by molar-refractivity contribution is 5.94. The predicted molar refractivity (Wildman–Crippen MR) is 140 cm³/mol. The van der Waals surface area contributed by atoms with Crippen molar-refractivity contribution in [2.45, 2.75) is 33.4 Å². The van der Waals surface area contributed by atoms with E-state index in [1.165, 1.54) is 24.3 Å². The van der Waals surface area contributed by atoms with E-state index in [1.54, 1.807) is 40.0 Å². The van der Waals surface area contributed by atoms with Crippen LogP contribution in [0.4, 0.5) is 4.39 Å². The Hall–Kier alpha value is -4.52. The minimum absolute atomic E-state index is 0.139. The number of benzene rings is 3. The molecule has 1 amide bonds. The molecule has 3 aromatic carbocycles. The van der Waals surface area contributed by atoms with Crippen LogP contribution in [0.15, 0.2) is 94.3 Å². The molecule has 37 heavy (non-hydrogen) atoms. The monoisotopic (exact) mass is 495 g/mol. The number of fused-ring (bicyclic) bond motifs is 1. The van der Waals surface area contributed by atoms with Crippen molar-refractivity contribution >= 4 is 16.8 Å². The zero-order chi connectivity index (χ0) is 26.1. The van der Waals surface area contributed by atoms with E-state index < -0.39 is 11.9 Å². The highest BCUT2D eigenvalue weighted by atomic mass is 19.1. The van der Waals surface area contributed by atoms with E-state index >= 15 is 0 Å². The second kappa shape index (κ2) is 9.85. The molecule has 0 saturated carbocycles. The summed E-state index contributed by atoms with van der Waals surface area (Å²) in [6.45, 7) is 5.91. The SMILES string of the molecule is Cc1ccc(-n2c(C(C)N(Cc3ccco3)C(=O)c3ccc(F)cc3)nc3ccccc3c2=O)c(C)c1. The molecular weight excluding hydrogens is 469 g/mol. The van der Waals surface area contributed by atoms with Gasteiger partial charge in [-0.05, 0) is 80.9 Å². The molecule has 186 valence electrons. The Morgan fingerprint density at radius 2 is 1.78 bits per heavy atom. The Kier molecular flexibility index (Phi) is 6.44. The van der Waals surface area contributed by atoms with E-state index in [1.807, 2.05) is 51.1 Å². The standard InChI is InChI=1S/C30H26FN3O3/c1-19-10-15-27(20(2)17-19)34-28(32-26-9-5-4-8-25(26)30(34)36)21(3)33(18-24-7-6-16-37-24)29(35)22-11-13-23(31)14-12-22/h4-17,21H,18H2,1-3H3. The maximum atomic E-state index is 13.9. The second-order valence-corrected chi connectivity index (χ2v) is 9.11. The summed E-state index contributed by atoms with van der Waals surface area (Å²) in [6, 6.07) is 21.3. The number of furan rings is 1. The van der Waals surface area contributed by atoms with Gasteiger partial charge in [0.15, 0.2) is 0 Å². The van der Waals surface area contributed by atoms with Crippen molar-refractivity contribution in [3.8, 4) is 5.69 Å². The third-order valence-electron chi connectivity index (χ3n) is 6.49. The molecule has 7 heteroatoms. The van der Waals surface area contributed by atoms with Crippen LogP contribution in [0.3, 0.4) is 0 Å². The van der Waals surface area contributed by atoms with E-state index in [9.17, 15) is 14.0 Å². The van der Waals surface area contributed by atoms with E-state index in [-0.39, 0.29) is 18.0 Å². The largest absolute Gasteiger partial charge is 0.467 e. The van der Waals surface area contributed by atoms with Gasteiger partial charge >= 0.3 is 0 Å². The van der Waals surface area contributed by atoms with Gasteiger partial charge in [-0.3, -0.25) is 14.2 Å². The summed E-state index contributed by atoms with van der Waals surface area (Å²) in [4.78, 5) is 34.1. The topological polar surface area (TPSA) is 68.3 Å². The molecule has 0 saturated heterocycles. The molecule has 1 unspecified atom stereocenters. The third-order valence-corrected chi connectivity index (χ3v) is 6.49. The Labute approximate surface area is 213 Å². The Morgan fingerprint density at radius 3 is 2.49 bits per heavy atom. The molecule has 0 bridgehead atoms. The lowest BCUT2D eigenvalue weighted by Gasteiger charge is -2.30. The van der Waals surface area contributed by atoms with Crippen LogP contribution < -0.4 is 5.56 Å². The number of rotatable bonds is 6. The van der Waals surface area contributed by atoms with Gasteiger partial charge in [-0.2, -0.15) is 0 Å². The second-order valence-electron chi connectivity index (χ2n) is 9.11. The summed E-state index contributed by atoms with van der Waals surface area (Å²) in [5, 5.41) is 0.487. The molecule has 0 N–H and O–H groups in total. The quantitative estimate of drug-likeness (QED) is 0.284. The van der Waals surface area contributed by atoms with Crippen molar-refractivity contribution in [2.75, 3.05) is 0 Å². The lowest BCUT2D eigenvalue weighted by atomic mass is 10.1. The molecule has 5 aromatic rings. The fourth-order valence-corrected chi connectivity index (χ4v) is 4.57. The van der Waals surface area contributed by atoms with E-state index in [2.05, 4.69) is 0 Å². The van der Waals surface area contributed by atoms with Crippen LogP contribution in [0, 0.1) is 19.7 Å². The molecule has 2 aromatic heterocycles. The highest BCUT2D eigenvalue weighted by Gasteiger charge is 2.29. The van der Waals surface area contributed by atoms with Crippen molar-refractivity contribution in [1.29, 1.82) is 0 Å². The normalized spacial score (nSPS) is 12.0. The molecule has 1 atom stereocenters. The Morgan fingerprint density at radius 1 is 1.03 bits per heavy atom. The highest BCUT2D eigenvalue weighted by Crippen LogP contribution is 2.27. The van der Waals surface area contributed by atoms with Gasteiger partial charge in [0, 0.05) is 5.56 Å². The van der Waals surface area contributed by atoms with Crippen molar-refractivity contribution in [2.24, 2.45) is 0 Å². The van der Waals surface area contributed by atoms with Crippen LogP contribution in [-0.4, -0.2) is 20.4 Å². The van der Waals surface area contributed by atoms with Crippen molar-refractivity contribution in [3.63, 3.8) is 0 Å². The molecule has 5 rings (SSSR count). The number of nitrogens with zero attached hydrogens (tertiary/aromatic N) is 3. The fraction of sp³-hybridized carbons (Fsp3) is 0.167. The number of halogens is 1. The van der Waals surface area contributed by atoms with Gasteiger partial charge in [0.25, 0.3) is 11.5 Å². The Bertz CT molecular complexity index is 1640. The van der Waals surface area contributed by atoms with Crippen molar-refractivity contribution in [3.05, 3.63) is 130 Å². The first kappa shape index (κ1) is 24.2. The first-order valence-electron chi connectivity index (χ1n) is 12.0. The lowest BCUT2D eigenvalue weighted by Crippen LogP contribution is -2.37. The lowest BCUT2D eigenvalue weighted by molar-refractivity contribution is 0.0648. The molecule has 6 nitrogen and oxygen atoms in total. The zero-order valence-corrected chi connectivity index (χ0v) is 20.8. The number of carbonyl (C=O) groups is 1. The molecule has 0 aliphatic rings. The maximum absolute atomic E-state index is 13.9. The molecule has 0 radical (unpaired) electrons. The van der Waals surface area contributed by atoms with E-state index in [4.69, 9.17) is 9.40 Å². The minimum Gasteiger partial charge on any atom is -0.467 e. The summed E-state index contributed by atoms with van der Waals surface area (Å²) in [5.74, 6) is 0.224. The molecule has 0 aliphatic carbocycles. The van der Waals surface area contributed by atoms with Crippen molar-refractivity contribution in [1.82, 2.24) is 14.5 Å². The summed E-state index contributed by atoms with van der Waals surface area (Å²) < 4.78 is 20.7. The number of amides is 1. The van der Waals surface area contributed by atoms with Gasteiger partial charge in [-0.15, -0.1) is 0 Å². The number of para-hydroxylation sites is 1. The van der Waals surface area contributed by atoms with Crippen molar-refractivity contribution < 1.29 is 13.6 Å². The number of aryl methyl sites for hydroxylation is 2. The van der Waals surface area contributed by atoms with Crippen LogP contribution in [0.2, 0.25) is 0 Å². The van der Waals surface area contributed by atoms with E-state index in [0.717, 1.165) is 11.1 Å². The Balaban J connectivity index is 1.71. The summed E-state index contributed by atoms with van der Waals surface area (Å²) >= 11 is 0. The molecular formula is C30H26FN3O3. The van der Waals surface area contributed by atoms with Crippen LogP contribution in [0.5, 0.6) is 0 Å². The smallest absolute Gasteiger partial charge is 0.266 e. The number of hydrogen-bond donors (Lipinski definition) is 0. The average molecular weight is 496 g/mol. The maximum Gasteiger partial charge on any atom is 0.266 e. The van der Waals surface area contributed by atoms with Gasteiger partial charge in [-0.25, -0.2) is 9.37 Å². The van der Waals surface area contributed by atoms with Gasteiger partial charge in [0.2, 0.25) is 0 Å². The van der Waals surface area contributed by atoms with Crippen LogP contribution in [0.25, 0.3) is 16.6 Å². The summed E-state index contributed by atoms with van der Waals surface area (Å²) in [6.07, 6.45) is 1.54. The number of aromatic nitrogens is 2. The predicted octanol–water partition coefficient (Wildman–Crippen LogP) is 6.14. The van der Waals surface area contributed by atoms with Gasteiger partial charge in [-0.1, -0.05) is 29.8 Å². The molecule has 2 heterocycles. The zero-order valence-electron chi connectivity index (χ0n) is 20.8. The van der Waals surface area contributed by atoms with Crippen LogP contribution in [-0.2, 0) is 6.54 Å². The number of hydrogen-bond acceptors (Lipinski definition) is 4. The molecule has 0 spiro atoms. The van der Waals surface area contributed by atoms with Crippen LogP contribution in [0.1, 0.15) is 46.0 Å². The van der Waals surface area contributed by atoms with E-state index in [0.29, 0.717) is 33.7 Å². The number of carbonyl (C=O) groups excluding carboxylic acids is 1. The average Bonchev–Trinajstić information content (AvgIpc) is 3.41. The third kappa shape index (κ3) is 4.68. The molecule has 0 fully saturated rings.